The van der Waals surface area contributed by atoms with Crippen LogP contribution in [0.25, 0.3) is 21.9 Å². The second kappa shape index (κ2) is 4.66. The number of aromatic nitrogens is 3. The number of H-pyrrole nitrogens is 1. The summed E-state index contributed by atoms with van der Waals surface area (Å²) >= 11 is 0. The third-order valence-corrected chi connectivity index (χ3v) is 3.88. The molecule has 0 saturated heterocycles. The largest absolute Gasteiger partial charge is 0.378 e. The quantitative estimate of drug-likeness (QED) is 0.599. The summed E-state index contributed by atoms with van der Waals surface area (Å²) in [4.78, 5) is 7.88. The zero-order chi connectivity index (χ0) is 14.2. The van der Waals surface area contributed by atoms with E-state index in [9.17, 15) is 0 Å². The van der Waals surface area contributed by atoms with Crippen LogP contribution in [0, 0.1) is 0 Å². The van der Waals surface area contributed by atoms with Crippen LogP contribution in [-0.4, -0.2) is 14.5 Å². The average Bonchev–Trinajstić information content (AvgIpc) is 3.10. The number of rotatable bonds is 3. The molecule has 4 rings (SSSR count). The van der Waals surface area contributed by atoms with Crippen molar-refractivity contribution in [3.05, 3.63) is 60.6 Å². The number of hydrogen-bond acceptors (Lipinski definition) is 2. The predicted molar refractivity (Wildman–Crippen MR) is 86.3 cm³/mol. The van der Waals surface area contributed by atoms with E-state index in [1.807, 2.05) is 24.4 Å². The minimum atomic E-state index is 0.709. The number of nitrogens with zero attached hydrogens (tertiary/aromatic N) is 2. The van der Waals surface area contributed by atoms with E-state index in [4.69, 9.17) is 0 Å². The number of aromatic amines is 1. The summed E-state index contributed by atoms with van der Waals surface area (Å²) < 4.78 is 2.14. The van der Waals surface area contributed by atoms with Gasteiger partial charge in [0.1, 0.15) is 5.82 Å². The SMILES string of the molecule is Cn1c(CNc2ccc3[nH]ccc3c2)nc2ccccc21. The molecule has 0 bridgehead atoms. The Morgan fingerprint density at radius 3 is 2.95 bits per heavy atom. The van der Waals surface area contributed by atoms with Gasteiger partial charge >= 0.3 is 0 Å². The van der Waals surface area contributed by atoms with E-state index in [1.165, 1.54) is 5.39 Å². The highest BCUT2D eigenvalue weighted by Gasteiger charge is 2.06. The van der Waals surface area contributed by atoms with Crippen molar-refractivity contribution in [2.75, 3.05) is 5.32 Å². The summed E-state index contributed by atoms with van der Waals surface area (Å²) in [5, 5.41) is 4.66. The summed E-state index contributed by atoms with van der Waals surface area (Å²) in [7, 11) is 2.06. The maximum absolute atomic E-state index is 4.67. The van der Waals surface area contributed by atoms with Gasteiger partial charge in [0, 0.05) is 29.8 Å². The van der Waals surface area contributed by atoms with Crippen LogP contribution < -0.4 is 5.32 Å². The summed E-state index contributed by atoms with van der Waals surface area (Å²) in [6, 6.07) is 16.6. The molecule has 0 spiro atoms. The fraction of sp³-hybridized carbons (Fsp3) is 0.118. The molecule has 4 nitrogen and oxygen atoms in total. The highest BCUT2D eigenvalue weighted by molar-refractivity contribution is 5.83. The number of aryl methyl sites for hydroxylation is 1. The zero-order valence-corrected chi connectivity index (χ0v) is 11.8. The Balaban J connectivity index is 1.61. The van der Waals surface area contributed by atoms with Crippen LogP contribution in [0.15, 0.2) is 54.7 Å². The molecule has 0 radical (unpaired) electrons. The number of imidazole rings is 1. The topological polar surface area (TPSA) is 45.6 Å². The van der Waals surface area contributed by atoms with Crippen LogP contribution in [0.5, 0.6) is 0 Å². The van der Waals surface area contributed by atoms with E-state index in [1.54, 1.807) is 0 Å². The summed E-state index contributed by atoms with van der Waals surface area (Å²) in [5.74, 6) is 1.03. The van der Waals surface area contributed by atoms with Crippen LogP contribution in [-0.2, 0) is 13.6 Å². The lowest BCUT2D eigenvalue weighted by Crippen LogP contribution is -2.05. The summed E-state index contributed by atoms with van der Waals surface area (Å²) in [6.07, 6.45) is 1.96. The highest BCUT2D eigenvalue weighted by Crippen LogP contribution is 2.19. The first-order valence-corrected chi connectivity index (χ1v) is 7.02. The molecule has 0 unspecified atom stereocenters. The van der Waals surface area contributed by atoms with E-state index in [2.05, 4.69) is 57.2 Å². The monoisotopic (exact) mass is 276 g/mol. The van der Waals surface area contributed by atoms with Crippen molar-refractivity contribution in [3.8, 4) is 0 Å². The van der Waals surface area contributed by atoms with E-state index >= 15 is 0 Å². The molecular weight excluding hydrogens is 260 g/mol. The number of benzene rings is 2. The number of anilines is 1. The normalized spacial score (nSPS) is 11.3. The Labute approximate surface area is 122 Å². The Morgan fingerprint density at radius 2 is 2.05 bits per heavy atom. The first-order valence-electron chi connectivity index (χ1n) is 7.02. The fourth-order valence-electron chi connectivity index (χ4n) is 2.70. The molecule has 0 atom stereocenters. The second-order valence-electron chi connectivity index (χ2n) is 5.21. The lowest BCUT2D eigenvalue weighted by Gasteiger charge is -2.07. The van der Waals surface area contributed by atoms with Gasteiger partial charge in [-0.05, 0) is 36.4 Å². The maximum atomic E-state index is 4.67. The molecule has 4 aromatic rings. The van der Waals surface area contributed by atoms with Crippen molar-refractivity contribution in [2.45, 2.75) is 6.54 Å². The summed E-state index contributed by atoms with van der Waals surface area (Å²) in [5.41, 5.74) is 4.46. The van der Waals surface area contributed by atoms with Crippen molar-refractivity contribution in [2.24, 2.45) is 7.05 Å². The molecule has 0 aliphatic rings. The van der Waals surface area contributed by atoms with Crippen molar-refractivity contribution in [1.29, 1.82) is 0 Å². The van der Waals surface area contributed by atoms with E-state index in [-0.39, 0.29) is 0 Å². The first-order chi connectivity index (χ1) is 10.3. The third-order valence-electron chi connectivity index (χ3n) is 3.88. The van der Waals surface area contributed by atoms with Gasteiger partial charge in [-0.3, -0.25) is 0 Å². The lowest BCUT2D eigenvalue weighted by molar-refractivity contribution is 0.835. The van der Waals surface area contributed by atoms with E-state index in [0.29, 0.717) is 6.54 Å². The van der Waals surface area contributed by atoms with Gasteiger partial charge in [-0.15, -0.1) is 0 Å². The van der Waals surface area contributed by atoms with Gasteiger partial charge in [-0.2, -0.15) is 0 Å². The zero-order valence-electron chi connectivity index (χ0n) is 11.8. The molecule has 2 heterocycles. The smallest absolute Gasteiger partial charge is 0.128 e. The highest BCUT2D eigenvalue weighted by atomic mass is 15.1. The molecule has 4 heteroatoms. The van der Waals surface area contributed by atoms with Crippen LogP contribution in [0.1, 0.15) is 5.82 Å². The van der Waals surface area contributed by atoms with Crippen LogP contribution >= 0.6 is 0 Å². The molecule has 2 aromatic heterocycles. The van der Waals surface area contributed by atoms with Gasteiger partial charge in [-0.25, -0.2) is 4.98 Å². The molecule has 21 heavy (non-hydrogen) atoms. The molecule has 104 valence electrons. The van der Waals surface area contributed by atoms with Crippen LogP contribution in [0.2, 0.25) is 0 Å². The number of hydrogen-bond donors (Lipinski definition) is 2. The maximum Gasteiger partial charge on any atom is 0.128 e. The lowest BCUT2D eigenvalue weighted by atomic mass is 10.2. The molecule has 0 saturated carbocycles. The molecule has 0 fully saturated rings. The van der Waals surface area contributed by atoms with E-state index < -0.39 is 0 Å². The minimum absolute atomic E-state index is 0.709. The van der Waals surface area contributed by atoms with Gasteiger partial charge in [-0.1, -0.05) is 12.1 Å². The molecular formula is C17H16N4. The molecule has 2 N–H and O–H groups in total. The van der Waals surface area contributed by atoms with Gasteiger partial charge in [0.25, 0.3) is 0 Å². The molecule has 0 amide bonds. The van der Waals surface area contributed by atoms with Gasteiger partial charge in [0.15, 0.2) is 0 Å². The molecule has 2 aromatic carbocycles. The number of para-hydroxylation sites is 2. The number of nitrogens with one attached hydrogen (secondary N) is 2. The second-order valence-corrected chi connectivity index (χ2v) is 5.21. The van der Waals surface area contributed by atoms with Gasteiger partial charge < -0.3 is 14.9 Å². The van der Waals surface area contributed by atoms with Crippen molar-refractivity contribution in [1.82, 2.24) is 14.5 Å². The predicted octanol–water partition coefficient (Wildman–Crippen LogP) is 3.67. The van der Waals surface area contributed by atoms with Gasteiger partial charge in [0.05, 0.1) is 17.6 Å². The van der Waals surface area contributed by atoms with Crippen LogP contribution in [0.4, 0.5) is 5.69 Å². The molecule has 0 aliphatic carbocycles. The average molecular weight is 276 g/mol. The van der Waals surface area contributed by atoms with Crippen LogP contribution in [0.3, 0.4) is 0 Å². The third kappa shape index (κ3) is 2.05. The molecule has 0 aliphatic heterocycles. The first kappa shape index (κ1) is 12.0. The Bertz CT molecular complexity index is 917. The minimum Gasteiger partial charge on any atom is -0.378 e. The van der Waals surface area contributed by atoms with Gasteiger partial charge in [0.2, 0.25) is 0 Å². The number of fused-ring (bicyclic) bond motifs is 2. The standard InChI is InChI=1S/C17H16N4/c1-21-16-5-3-2-4-15(16)20-17(21)11-19-13-6-7-14-12(10-13)8-9-18-14/h2-10,18-19H,11H2,1H3. The Kier molecular flexibility index (Phi) is 2.67. The van der Waals surface area contributed by atoms with Crippen molar-refractivity contribution < 1.29 is 0 Å². The Morgan fingerprint density at radius 1 is 1.14 bits per heavy atom. The van der Waals surface area contributed by atoms with E-state index in [0.717, 1.165) is 28.1 Å². The van der Waals surface area contributed by atoms with Crippen molar-refractivity contribution >= 4 is 27.6 Å². The fourth-order valence-corrected chi connectivity index (χ4v) is 2.70. The van der Waals surface area contributed by atoms with Crippen molar-refractivity contribution in [3.63, 3.8) is 0 Å². The Hall–Kier alpha value is -2.75. The summed E-state index contributed by atoms with van der Waals surface area (Å²) in [6.45, 7) is 0.709.